The fourth-order valence-corrected chi connectivity index (χ4v) is 4.38. The number of hydrogen-bond donors (Lipinski definition) is 0. The first kappa shape index (κ1) is 22.4. The predicted molar refractivity (Wildman–Crippen MR) is 122 cm³/mol. The number of carbonyl (C=O) groups excluding carboxylic acids is 3. The zero-order valence-electron chi connectivity index (χ0n) is 17.2. The molecule has 0 aromatic heterocycles. The SMILES string of the molecule is O=C(CN1C(=O)S/C(=C\c2ccc(OCc3ccccc3)c(Cl)c2)C1=O)N1CCOCC1. The second-order valence-corrected chi connectivity index (χ2v) is 8.63. The van der Waals surface area contributed by atoms with Gasteiger partial charge in [0.1, 0.15) is 18.9 Å². The molecule has 2 heterocycles. The van der Waals surface area contributed by atoms with Crippen molar-refractivity contribution in [3.05, 3.63) is 69.6 Å². The van der Waals surface area contributed by atoms with Gasteiger partial charge < -0.3 is 14.4 Å². The highest BCUT2D eigenvalue weighted by Gasteiger charge is 2.37. The first-order valence-electron chi connectivity index (χ1n) is 10.1. The molecule has 0 atom stereocenters. The largest absolute Gasteiger partial charge is 0.487 e. The van der Waals surface area contributed by atoms with Crippen LogP contribution in [0.15, 0.2) is 53.4 Å². The average Bonchev–Trinajstić information content (AvgIpc) is 3.07. The summed E-state index contributed by atoms with van der Waals surface area (Å²) in [6.07, 6.45) is 1.59. The van der Waals surface area contributed by atoms with Gasteiger partial charge in [0.15, 0.2) is 0 Å². The number of thioether (sulfide) groups is 1. The van der Waals surface area contributed by atoms with Gasteiger partial charge in [-0.3, -0.25) is 19.3 Å². The van der Waals surface area contributed by atoms with Crippen molar-refractivity contribution in [2.75, 3.05) is 32.8 Å². The number of carbonyl (C=O) groups is 3. The summed E-state index contributed by atoms with van der Waals surface area (Å²) in [4.78, 5) is 40.3. The molecule has 32 heavy (non-hydrogen) atoms. The van der Waals surface area contributed by atoms with Gasteiger partial charge in [-0.1, -0.05) is 48.0 Å². The number of rotatable bonds is 6. The number of amides is 3. The topological polar surface area (TPSA) is 76.2 Å². The van der Waals surface area contributed by atoms with E-state index in [-0.39, 0.29) is 17.4 Å². The molecule has 4 rings (SSSR count). The standard InChI is InChI=1S/C23H21ClN2O5S/c24-18-12-17(6-7-19(18)31-15-16-4-2-1-3-5-16)13-20-22(28)26(23(29)32-20)14-21(27)25-8-10-30-11-9-25/h1-7,12-13H,8-11,14-15H2/b20-13-. The van der Waals surface area contributed by atoms with E-state index in [1.807, 2.05) is 30.3 Å². The van der Waals surface area contributed by atoms with Crippen molar-refractivity contribution < 1.29 is 23.9 Å². The van der Waals surface area contributed by atoms with Crippen LogP contribution in [0.5, 0.6) is 5.75 Å². The molecule has 2 saturated heterocycles. The van der Waals surface area contributed by atoms with Crippen LogP contribution in [0.1, 0.15) is 11.1 Å². The van der Waals surface area contributed by atoms with Gasteiger partial charge in [-0.25, -0.2) is 0 Å². The van der Waals surface area contributed by atoms with Gasteiger partial charge in [-0.2, -0.15) is 0 Å². The van der Waals surface area contributed by atoms with Gasteiger partial charge in [0.05, 0.1) is 23.1 Å². The molecule has 7 nitrogen and oxygen atoms in total. The molecule has 0 radical (unpaired) electrons. The third-order valence-electron chi connectivity index (χ3n) is 5.02. The van der Waals surface area contributed by atoms with Crippen molar-refractivity contribution in [3.63, 3.8) is 0 Å². The van der Waals surface area contributed by atoms with E-state index in [9.17, 15) is 14.4 Å². The van der Waals surface area contributed by atoms with Gasteiger partial charge in [0.2, 0.25) is 5.91 Å². The molecule has 3 amide bonds. The van der Waals surface area contributed by atoms with Gasteiger partial charge in [0, 0.05) is 13.1 Å². The Bertz CT molecular complexity index is 1050. The Morgan fingerprint density at radius 1 is 1.12 bits per heavy atom. The summed E-state index contributed by atoms with van der Waals surface area (Å²) in [7, 11) is 0. The fourth-order valence-electron chi connectivity index (χ4n) is 3.29. The number of morpholine rings is 1. The van der Waals surface area contributed by atoms with Crippen LogP contribution in [0.4, 0.5) is 4.79 Å². The lowest BCUT2D eigenvalue weighted by Gasteiger charge is -2.28. The number of ether oxygens (including phenoxy) is 2. The molecule has 2 fully saturated rings. The minimum Gasteiger partial charge on any atom is -0.487 e. The number of benzene rings is 2. The van der Waals surface area contributed by atoms with Gasteiger partial charge >= 0.3 is 0 Å². The maximum Gasteiger partial charge on any atom is 0.294 e. The minimum atomic E-state index is -0.484. The van der Waals surface area contributed by atoms with Crippen LogP contribution in [0.3, 0.4) is 0 Å². The van der Waals surface area contributed by atoms with Crippen molar-refractivity contribution in [1.82, 2.24) is 9.80 Å². The van der Waals surface area contributed by atoms with Gasteiger partial charge in [-0.15, -0.1) is 0 Å². The van der Waals surface area contributed by atoms with Crippen molar-refractivity contribution in [3.8, 4) is 5.75 Å². The van der Waals surface area contributed by atoms with Gasteiger partial charge in [0.25, 0.3) is 11.1 Å². The molecule has 0 saturated carbocycles. The Morgan fingerprint density at radius 2 is 1.88 bits per heavy atom. The normalized spacial score (nSPS) is 17.8. The monoisotopic (exact) mass is 472 g/mol. The molecule has 0 unspecified atom stereocenters. The van der Waals surface area contributed by atoms with Crippen LogP contribution >= 0.6 is 23.4 Å². The second kappa shape index (κ2) is 10.2. The zero-order chi connectivity index (χ0) is 22.5. The average molecular weight is 473 g/mol. The van der Waals surface area contributed by atoms with E-state index < -0.39 is 11.1 Å². The lowest BCUT2D eigenvalue weighted by atomic mass is 10.2. The highest BCUT2D eigenvalue weighted by Crippen LogP contribution is 2.34. The van der Waals surface area contributed by atoms with Crippen molar-refractivity contribution in [2.45, 2.75) is 6.61 Å². The van der Waals surface area contributed by atoms with Crippen molar-refractivity contribution in [2.24, 2.45) is 0 Å². The van der Waals surface area contributed by atoms with Crippen LogP contribution < -0.4 is 4.74 Å². The van der Waals surface area contributed by atoms with E-state index in [1.54, 1.807) is 29.2 Å². The van der Waals surface area contributed by atoms with Crippen molar-refractivity contribution in [1.29, 1.82) is 0 Å². The summed E-state index contributed by atoms with van der Waals surface area (Å²) in [6.45, 7) is 1.95. The maximum absolute atomic E-state index is 12.7. The lowest BCUT2D eigenvalue weighted by Crippen LogP contribution is -2.46. The summed E-state index contributed by atoms with van der Waals surface area (Å²) in [5.74, 6) is -0.223. The van der Waals surface area contributed by atoms with Gasteiger partial charge in [-0.05, 0) is 41.1 Å². The number of halogens is 1. The Morgan fingerprint density at radius 3 is 2.59 bits per heavy atom. The quantitative estimate of drug-likeness (QED) is 0.595. The van der Waals surface area contributed by atoms with Crippen LogP contribution in [-0.4, -0.2) is 59.7 Å². The highest BCUT2D eigenvalue weighted by molar-refractivity contribution is 8.18. The number of hydrogen-bond acceptors (Lipinski definition) is 6. The van der Waals surface area contributed by atoms with E-state index in [1.165, 1.54) is 0 Å². The Labute approximate surface area is 194 Å². The van der Waals surface area contributed by atoms with Crippen molar-refractivity contribution >= 4 is 46.5 Å². The zero-order valence-corrected chi connectivity index (χ0v) is 18.7. The number of imide groups is 1. The van der Waals surface area contributed by atoms with E-state index >= 15 is 0 Å². The summed E-state index contributed by atoms with van der Waals surface area (Å²) < 4.78 is 11.0. The molecule has 2 aliphatic heterocycles. The van der Waals surface area contributed by atoms with Crippen LogP contribution in [0.25, 0.3) is 6.08 Å². The molecule has 0 N–H and O–H groups in total. The molecular weight excluding hydrogens is 452 g/mol. The molecular formula is C23H21ClN2O5S. The third kappa shape index (κ3) is 5.32. The number of nitrogens with zero attached hydrogens (tertiary/aromatic N) is 2. The van der Waals surface area contributed by atoms with Crippen LogP contribution in [-0.2, 0) is 20.9 Å². The Kier molecular flexibility index (Phi) is 7.14. The van der Waals surface area contributed by atoms with E-state index in [0.29, 0.717) is 49.2 Å². The maximum atomic E-state index is 12.7. The Hall–Kier alpha value is -2.81. The summed E-state index contributed by atoms with van der Waals surface area (Å²) in [6, 6.07) is 14.9. The second-order valence-electron chi connectivity index (χ2n) is 7.23. The minimum absolute atomic E-state index is 0.249. The highest BCUT2D eigenvalue weighted by atomic mass is 35.5. The molecule has 0 bridgehead atoms. The third-order valence-corrected chi connectivity index (χ3v) is 6.22. The lowest BCUT2D eigenvalue weighted by molar-refractivity contribution is -0.139. The molecule has 0 spiro atoms. The summed E-state index contributed by atoms with van der Waals surface area (Å²) in [5, 5.41) is -0.0619. The molecule has 2 aliphatic rings. The Balaban J connectivity index is 1.40. The van der Waals surface area contributed by atoms with E-state index in [4.69, 9.17) is 21.1 Å². The fraction of sp³-hybridized carbons (Fsp3) is 0.261. The van der Waals surface area contributed by atoms with E-state index in [0.717, 1.165) is 22.2 Å². The molecule has 2 aromatic rings. The van der Waals surface area contributed by atoms with Crippen LogP contribution in [0, 0.1) is 0 Å². The summed E-state index contributed by atoms with van der Waals surface area (Å²) in [5.41, 5.74) is 1.68. The smallest absolute Gasteiger partial charge is 0.294 e. The summed E-state index contributed by atoms with van der Waals surface area (Å²) >= 11 is 7.16. The van der Waals surface area contributed by atoms with E-state index in [2.05, 4.69) is 0 Å². The molecule has 0 aliphatic carbocycles. The molecule has 166 valence electrons. The van der Waals surface area contributed by atoms with Crippen LogP contribution in [0.2, 0.25) is 5.02 Å². The molecule has 2 aromatic carbocycles. The first-order valence-corrected chi connectivity index (χ1v) is 11.3. The molecule has 9 heteroatoms. The predicted octanol–water partition coefficient (Wildman–Crippen LogP) is 3.81. The first-order chi connectivity index (χ1) is 15.5.